The lowest BCUT2D eigenvalue weighted by molar-refractivity contribution is 0.0831. The van der Waals surface area contributed by atoms with Crippen LogP contribution in [0.5, 0.6) is 5.75 Å². The van der Waals surface area contributed by atoms with Crippen molar-refractivity contribution in [1.29, 1.82) is 5.26 Å². The Kier molecular flexibility index (Phi) is 8.44. The molecule has 0 aliphatic heterocycles. The first-order chi connectivity index (χ1) is 15.9. The number of nitrogens with one attached hydrogen (secondary N) is 1. The minimum absolute atomic E-state index is 0.0886. The SMILES string of the molecule is Cc1ccc(Cl)c(N(CC#N)c2cc(Nc3ccc(OCC(O)CN(C)C)cc3)ncn2)c1. The van der Waals surface area contributed by atoms with Gasteiger partial charge in [-0.15, -0.1) is 0 Å². The number of benzene rings is 2. The second-order valence-corrected chi connectivity index (χ2v) is 8.24. The number of hydrogen-bond acceptors (Lipinski definition) is 8. The van der Waals surface area contributed by atoms with E-state index in [1.54, 1.807) is 17.0 Å². The van der Waals surface area contributed by atoms with Gasteiger partial charge in [-0.3, -0.25) is 0 Å². The van der Waals surface area contributed by atoms with Gasteiger partial charge < -0.3 is 25.0 Å². The highest BCUT2D eigenvalue weighted by Gasteiger charge is 2.15. The lowest BCUT2D eigenvalue weighted by Gasteiger charge is -2.22. The number of ether oxygens (including phenoxy) is 1. The number of aryl methyl sites for hydroxylation is 1. The Bertz CT molecular complexity index is 1100. The van der Waals surface area contributed by atoms with Crippen LogP contribution in [0.1, 0.15) is 5.56 Å². The van der Waals surface area contributed by atoms with Gasteiger partial charge in [0.05, 0.1) is 16.8 Å². The Labute approximate surface area is 199 Å². The van der Waals surface area contributed by atoms with Crippen LogP contribution < -0.4 is 15.0 Å². The first kappa shape index (κ1) is 24.3. The van der Waals surface area contributed by atoms with Gasteiger partial charge in [0, 0.05) is 18.3 Å². The smallest absolute Gasteiger partial charge is 0.139 e. The molecule has 2 N–H and O–H groups in total. The van der Waals surface area contributed by atoms with Crippen molar-refractivity contribution < 1.29 is 9.84 Å². The summed E-state index contributed by atoms with van der Waals surface area (Å²) < 4.78 is 5.64. The molecule has 2 aromatic carbocycles. The lowest BCUT2D eigenvalue weighted by atomic mass is 10.2. The summed E-state index contributed by atoms with van der Waals surface area (Å²) in [6.45, 7) is 2.81. The highest BCUT2D eigenvalue weighted by Crippen LogP contribution is 2.32. The van der Waals surface area contributed by atoms with Gasteiger partial charge in [-0.2, -0.15) is 5.26 Å². The summed E-state index contributed by atoms with van der Waals surface area (Å²) >= 11 is 6.39. The third kappa shape index (κ3) is 7.05. The summed E-state index contributed by atoms with van der Waals surface area (Å²) in [5, 5.41) is 23.0. The molecule has 0 saturated heterocycles. The Balaban J connectivity index is 1.71. The standard InChI is InChI=1S/C24H27ClN6O2/c1-17-4-9-21(25)22(12-17)31(11-10-26)24-13-23(27-16-28-24)29-18-5-7-20(8-6-18)33-15-19(32)14-30(2)3/h4-9,12-13,16,19,32H,11,14-15H2,1-3H3,(H,27,28,29). The van der Waals surface area contributed by atoms with E-state index >= 15 is 0 Å². The topological polar surface area (TPSA) is 97.5 Å². The molecule has 0 spiro atoms. The normalized spacial score (nSPS) is 11.7. The van der Waals surface area contributed by atoms with Gasteiger partial charge in [0.2, 0.25) is 0 Å². The van der Waals surface area contributed by atoms with Gasteiger partial charge in [-0.25, -0.2) is 9.97 Å². The van der Waals surface area contributed by atoms with Crippen LogP contribution in [0, 0.1) is 18.3 Å². The average Bonchev–Trinajstić information content (AvgIpc) is 2.78. The number of rotatable bonds is 10. The van der Waals surface area contributed by atoms with E-state index in [0.29, 0.717) is 34.6 Å². The van der Waals surface area contributed by atoms with Gasteiger partial charge in [0.25, 0.3) is 0 Å². The Hall–Kier alpha value is -3.38. The Morgan fingerprint density at radius 1 is 1.15 bits per heavy atom. The maximum absolute atomic E-state index is 9.93. The number of nitrogens with zero attached hydrogens (tertiary/aromatic N) is 5. The van der Waals surface area contributed by atoms with Crippen LogP contribution in [0.2, 0.25) is 5.02 Å². The van der Waals surface area contributed by atoms with Crippen LogP contribution in [-0.4, -0.2) is 59.9 Å². The third-order valence-electron chi connectivity index (χ3n) is 4.70. The van der Waals surface area contributed by atoms with Crippen LogP contribution >= 0.6 is 11.6 Å². The first-order valence-electron chi connectivity index (χ1n) is 10.4. The highest BCUT2D eigenvalue weighted by molar-refractivity contribution is 6.33. The van der Waals surface area contributed by atoms with Gasteiger partial charge in [0.1, 0.15) is 43.0 Å². The van der Waals surface area contributed by atoms with Crippen molar-refractivity contribution in [1.82, 2.24) is 14.9 Å². The fourth-order valence-corrected chi connectivity index (χ4v) is 3.42. The molecule has 0 aliphatic rings. The van der Waals surface area contributed by atoms with E-state index < -0.39 is 6.10 Å². The number of aliphatic hydroxyl groups is 1. The molecule has 8 nitrogen and oxygen atoms in total. The van der Waals surface area contributed by atoms with Crippen molar-refractivity contribution in [2.24, 2.45) is 0 Å². The average molecular weight is 467 g/mol. The summed E-state index contributed by atoms with van der Waals surface area (Å²) in [5.74, 6) is 1.79. The minimum Gasteiger partial charge on any atom is -0.491 e. The van der Waals surface area contributed by atoms with Crippen LogP contribution in [-0.2, 0) is 0 Å². The summed E-state index contributed by atoms with van der Waals surface area (Å²) in [6.07, 6.45) is 0.880. The molecular weight excluding hydrogens is 440 g/mol. The first-order valence-corrected chi connectivity index (χ1v) is 10.8. The van der Waals surface area contributed by atoms with Crippen molar-refractivity contribution in [3.63, 3.8) is 0 Å². The van der Waals surface area contributed by atoms with Crippen molar-refractivity contribution in [3.8, 4) is 11.8 Å². The van der Waals surface area contributed by atoms with Crippen molar-refractivity contribution in [3.05, 3.63) is 65.4 Å². The number of nitriles is 1. The van der Waals surface area contributed by atoms with Crippen molar-refractivity contribution in [2.75, 3.05) is 44.0 Å². The zero-order valence-corrected chi connectivity index (χ0v) is 19.6. The second kappa shape index (κ2) is 11.5. The van der Waals surface area contributed by atoms with Gasteiger partial charge in [-0.05, 0) is 63.0 Å². The number of likely N-dealkylation sites (N-methyl/N-ethyl adjacent to an activating group) is 1. The molecule has 1 unspecified atom stereocenters. The maximum Gasteiger partial charge on any atom is 0.139 e. The molecule has 0 radical (unpaired) electrons. The fourth-order valence-electron chi connectivity index (χ4n) is 3.20. The van der Waals surface area contributed by atoms with Crippen molar-refractivity contribution >= 4 is 34.6 Å². The van der Waals surface area contributed by atoms with E-state index in [2.05, 4.69) is 21.4 Å². The zero-order chi connectivity index (χ0) is 23.8. The molecule has 1 heterocycles. The Morgan fingerprint density at radius 2 is 1.91 bits per heavy atom. The maximum atomic E-state index is 9.93. The largest absolute Gasteiger partial charge is 0.491 e. The summed E-state index contributed by atoms with van der Waals surface area (Å²) in [7, 11) is 3.80. The molecule has 0 fully saturated rings. The number of anilines is 4. The van der Waals surface area contributed by atoms with Crippen LogP contribution in [0.15, 0.2) is 54.9 Å². The van der Waals surface area contributed by atoms with Gasteiger partial charge in [-0.1, -0.05) is 17.7 Å². The monoisotopic (exact) mass is 466 g/mol. The molecule has 33 heavy (non-hydrogen) atoms. The predicted molar refractivity (Wildman–Crippen MR) is 131 cm³/mol. The van der Waals surface area contributed by atoms with E-state index in [1.807, 2.05) is 62.3 Å². The number of halogens is 1. The van der Waals surface area contributed by atoms with Crippen molar-refractivity contribution in [2.45, 2.75) is 13.0 Å². The van der Waals surface area contributed by atoms with E-state index in [9.17, 15) is 10.4 Å². The Morgan fingerprint density at radius 3 is 2.61 bits per heavy atom. The fraction of sp³-hybridized carbons (Fsp3) is 0.292. The van der Waals surface area contributed by atoms with E-state index in [4.69, 9.17) is 16.3 Å². The molecule has 172 valence electrons. The molecular formula is C24H27ClN6O2. The molecule has 0 bridgehead atoms. The van der Waals surface area contributed by atoms with E-state index in [-0.39, 0.29) is 13.2 Å². The number of hydrogen-bond donors (Lipinski definition) is 2. The second-order valence-electron chi connectivity index (χ2n) is 7.84. The molecule has 3 rings (SSSR count). The minimum atomic E-state index is -0.560. The molecule has 0 amide bonds. The number of aromatic nitrogens is 2. The van der Waals surface area contributed by atoms with Gasteiger partial charge >= 0.3 is 0 Å². The molecule has 0 aliphatic carbocycles. The predicted octanol–water partition coefficient (Wildman–Crippen LogP) is 4.15. The number of aliphatic hydroxyl groups excluding tert-OH is 1. The quantitative estimate of drug-likeness (QED) is 0.430. The van der Waals surface area contributed by atoms with Crippen LogP contribution in [0.25, 0.3) is 0 Å². The highest BCUT2D eigenvalue weighted by atomic mass is 35.5. The summed E-state index contributed by atoms with van der Waals surface area (Å²) in [5.41, 5.74) is 2.54. The van der Waals surface area contributed by atoms with Crippen LogP contribution in [0.4, 0.5) is 23.0 Å². The summed E-state index contributed by atoms with van der Waals surface area (Å²) in [6, 6.07) is 16.9. The van der Waals surface area contributed by atoms with E-state index in [1.165, 1.54) is 6.33 Å². The lowest BCUT2D eigenvalue weighted by Crippen LogP contribution is -2.30. The molecule has 9 heteroatoms. The molecule has 1 atom stereocenters. The third-order valence-corrected chi connectivity index (χ3v) is 5.02. The summed E-state index contributed by atoms with van der Waals surface area (Å²) in [4.78, 5) is 12.3. The molecule has 1 aromatic heterocycles. The van der Waals surface area contributed by atoms with Gasteiger partial charge in [0.15, 0.2) is 0 Å². The van der Waals surface area contributed by atoms with E-state index in [0.717, 1.165) is 11.3 Å². The molecule has 0 saturated carbocycles. The van der Waals surface area contributed by atoms with Crippen LogP contribution in [0.3, 0.4) is 0 Å². The zero-order valence-electron chi connectivity index (χ0n) is 18.9. The molecule has 3 aromatic rings.